The van der Waals surface area contributed by atoms with Gasteiger partial charge in [-0.15, -0.1) is 0 Å². The maximum atomic E-state index is 11.9. The lowest BCUT2D eigenvalue weighted by atomic mass is 10.2. The van der Waals surface area contributed by atoms with Crippen LogP contribution in [-0.4, -0.2) is 27.2 Å². The zero-order valence-electron chi connectivity index (χ0n) is 11.4. The van der Waals surface area contributed by atoms with Crippen LogP contribution in [0.3, 0.4) is 0 Å². The Kier molecular flexibility index (Phi) is 5.14. The second-order valence-electron chi connectivity index (χ2n) is 4.49. The molecule has 20 heavy (non-hydrogen) atoms. The minimum Gasteiger partial charge on any atom is -0.373 e. The van der Waals surface area contributed by atoms with Gasteiger partial charge in [0.25, 0.3) is 0 Å². The quantitative estimate of drug-likeness (QED) is 0.860. The molecule has 1 heterocycles. The van der Waals surface area contributed by atoms with E-state index >= 15 is 0 Å². The lowest BCUT2D eigenvalue weighted by Crippen LogP contribution is -2.37. The number of carbonyl (C=O) groups excluding carboxylic acids is 1. The molecule has 0 aliphatic heterocycles. The average Bonchev–Trinajstić information content (AvgIpc) is 2.92. The standard InChI is InChI=1S/C13H17ClN4OS/c1-3-8(4-2)16-11(19)7-15-12-9(14)5-6-10-13(12)18-20-17-10/h5-6,8,15H,3-4,7H2,1-2H3,(H,16,19). The first-order valence-electron chi connectivity index (χ1n) is 6.59. The Bertz CT molecular complexity index is 597. The van der Waals surface area contributed by atoms with Crippen LogP contribution in [0, 0.1) is 0 Å². The van der Waals surface area contributed by atoms with Crippen LogP contribution in [-0.2, 0) is 4.79 Å². The van der Waals surface area contributed by atoms with Gasteiger partial charge < -0.3 is 10.6 Å². The minimum atomic E-state index is -0.0463. The SMILES string of the molecule is CCC(CC)NC(=O)CNc1c(Cl)ccc2nsnc12. The molecule has 0 spiro atoms. The lowest BCUT2D eigenvalue weighted by molar-refractivity contribution is -0.120. The third-order valence-corrected chi connectivity index (χ3v) is 4.01. The monoisotopic (exact) mass is 312 g/mol. The van der Waals surface area contributed by atoms with E-state index in [0.29, 0.717) is 16.2 Å². The third-order valence-electron chi connectivity index (χ3n) is 3.15. The van der Waals surface area contributed by atoms with Gasteiger partial charge in [-0.3, -0.25) is 4.79 Å². The Hall–Kier alpha value is -1.40. The number of nitrogens with one attached hydrogen (secondary N) is 2. The first-order chi connectivity index (χ1) is 9.65. The Morgan fingerprint density at radius 1 is 1.35 bits per heavy atom. The minimum absolute atomic E-state index is 0.0463. The van der Waals surface area contributed by atoms with Crippen LogP contribution in [0.1, 0.15) is 26.7 Å². The summed E-state index contributed by atoms with van der Waals surface area (Å²) in [4.78, 5) is 11.9. The number of fused-ring (bicyclic) bond motifs is 1. The molecule has 0 saturated carbocycles. The van der Waals surface area contributed by atoms with Gasteiger partial charge in [-0.2, -0.15) is 8.75 Å². The molecule has 1 aromatic heterocycles. The predicted molar refractivity (Wildman–Crippen MR) is 83.4 cm³/mol. The smallest absolute Gasteiger partial charge is 0.239 e. The highest BCUT2D eigenvalue weighted by Gasteiger charge is 2.12. The molecule has 0 aliphatic carbocycles. The number of rotatable bonds is 6. The van der Waals surface area contributed by atoms with Crippen molar-refractivity contribution in [3.05, 3.63) is 17.2 Å². The summed E-state index contributed by atoms with van der Waals surface area (Å²) in [5.41, 5.74) is 2.15. The summed E-state index contributed by atoms with van der Waals surface area (Å²) >= 11 is 7.28. The largest absolute Gasteiger partial charge is 0.373 e. The van der Waals surface area contributed by atoms with Gasteiger partial charge in [-0.05, 0) is 25.0 Å². The van der Waals surface area contributed by atoms with E-state index in [2.05, 4.69) is 33.2 Å². The zero-order valence-corrected chi connectivity index (χ0v) is 13.0. The molecular weight excluding hydrogens is 296 g/mol. The number of halogens is 1. The number of benzene rings is 1. The summed E-state index contributed by atoms with van der Waals surface area (Å²) in [5.74, 6) is -0.0463. The highest BCUT2D eigenvalue weighted by atomic mass is 35.5. The van der Waals surface area contributed by atoms with Crippen LogP contribution in [0.5, 0.6) is 0 Å². The fraction of sp³-hybridized carbons (Fsp3) is 0.462. The van der Waals surface area contributed by atoms with Gasteiger partial charge in [0.15, 0.2) is 0 Å². The second kappa shape index (κ2) is 6.85. The molecule has 0 bridgehead atoms. The van der Waals surface area contributed by atoms with Gasteiger partial charge >= 0.3 is 0 Å². The van der Waals surface area contributed by atoms with Crippen molar-refractivity contribution in [2.24, 2.45) is 0 Å². The predicted octanol–water partition coefficient (Wildman–Crippen LogP) is 3.06. The Morgan fingerprint density at radius 2 is 2.10 bits per heavy atom. The second-order valence-corrected chi connectivity index (χ2v) is 5.42. The van der Waals surface area contributed by atoms with Gasteiger partial charge in [-0.25, -0.2) is 0 Å². The molecule has 0 unspecified atom stereocenters. The van der Waals surface area contributed by atoms with Crippen LogP contribution in [0.2, 0.25) is 5.02 Å². The Morgan fingerprint density at radius 3 is 2.80 bits per heavy atom. The maximum Gasteiger partial charge on any atom is 0.239 e. The van der Waals surface area contributed by atoms with Gasteiger partial charge in [0.2, 0.25) is 5.91 Å². The fourth-order valence-corrected chi connectivity index (χ4v) is 2.70. The molecule has 2 rings (SSSR count). The van der Waals surface area contributed by atoms with Crippen molar-refractivity contribution in [3.8, 4) is 0 Å². The summed E-state index contributed by atoms with van der Waals surface area (Å²) in [6.45, 7) is 4.29. The summed E-state index contributed by atoms with van der Waals surface area (Å²) in [6.07, 6.45) is 1.85. The van der Waals surface area contributed by atoms with E-state index in [1.54, 1.807) is 6.07 Å². The van der Waals surface area contributed by atoms with E-state index in [4.69, 9.17) is 11.6 Å². The fourth-order valence-electron chi connectivity index (χ4n) is 1.94. The number of anilines is 1. The third kappa shape index (κ3) is 3.37. The Balaban J connectivity index is 2.04. The van der Waals surface area contributed by atoms with Crippen LogP contribution >= 0.6 is 23.3 Å². The molecule has 1 amide bonds. The number of hydrogen-bond donors (Lipinski definition) is 2. The molecule has 0 fully saturated rings. The van der Waals surface area contributed by atoms with Crippen LogP contribution in [0.25, 0.3) is 11.0 Å². The molecule has 0 saturated heterocycles. The van der Waals surface area contributed by atoms with Gasteiger partial charge in [0, 0.05) is 6.04 Å². The van der Waals surface area contributed by atoms with Gasteiger partial charge in [0.1, 0.15) is 11.0 Å². The van der Waals surface area contributed by atoms with Crippen molar-refractivity contribution in [1.82, 2.24) is 14.1 Å². The van der Waals surface area contributed by atoms with E-state index in [-0.39, 0.29) is 18.5 Å². The van der Waals surface area contributed by atoms with E-state index < -0.39 is 0 Å². The molecule has 108 valence electrons. The van der Waals surface area contributed by atoms with Crippen molar-refractivity contribution in [1.29, 1.82) is 0 Å². The highest BCUT2D eigenvalue weighted by molar-refractivity contribution is 7.00. The number of aromatic nitrogens is 2. The van der Waals surface area contributed by atoms with Gasteiger partial charge in [-0.1, -0.05) is 25.4 Å². The Labute approximate surface area is 127 Å². The number of nitrogens with zero attached hydrogens (tertiary/aromatic N) is 2. The molecule has 1 aromatic carbocycles. The van der Waals surface area contributed by atoms with Crippen LogP contribution in [0.4, 0.5) is 5.69 Å². The van der Waals surface area contributed by atoms with E-state index in [1.807, 2.05) is 6.07 Å². The number of carbonyl (C=O) groups is 1. The summed E-state index contributed by atoms with van der Waals surface area (Å²) in [5, 5.41) is 6.57. The molecule has 0 radical (unpaired) electrons. The molecule has 2 N–H and O–H groups in total. The van der Waals surface area contributed by atoms with Crippen molar-refractivity contribution in [2.75, 3.05) is 11.9 Å². The van der Waals surface area contributed by atoms with Crippen molar-refractivity contribution < 1.29 is 4.79 Å². The molecule has 5 nitrogen and oxygen atoms in total. The highest BCUT2D eigenvalue weighted by Crippen LogP contribution is 2.29. The van der Waals surface area contributed by atoms with E-state index in [1.165, 1.54) is 0 Å². The first kappa shape index (κ1) is 15.0. The molecular formula is C13H17ClN4OS. The lowest BCUT2D eigenvalue weighted by Gasteiger charge is -2.15. The van der Waals surface area contributed by atoms with Crippen molar-refractivity contribution in [3.63, 3.8) is 0 Å². The van der Waals surface area contributed by atoms with Gasteiger partial charge in [0.05, 0.1) is 29.0 Å². The molecule has 7 heteroatoms. The van der Waals surface area contributed by atoms with Crippen LogP contribution < -0.4 is 10.6 Å². The van der Waals surface area contributed by atoms with E-state index in [9.17, 15) is 4.79 Å². The number of hydrogen-bond acceptors (Lipinski definition) is 5. The molecule has 0 aliphatic rings. The maximum absolute atomic E-state index is 11.9. The normalized spacial score (nSPS) is 11.0. The van der Waals surface area contributed by atoms with E-state index in [0.717, 1.165) is 30.1 Å². The molecule has 2 aromatic rings. The molecule has 0 atom stereocenters. The summed E-state index contributed by atoms with van der Waals surface area (Å²) in [6, 6.07) is 3.79. The van der Waals surface area contributed by atoms with Crippen LogP contribution in [0.15, 0.2) is 12.1 Å². The average molecular weight is 313 g/mol. The van der Waals surface area contributed by atoms with Crippen molar-refractivity contribution >= 4 is 46.0 Å². The number of amides is 1. The topological polar surface area (TPSA) is 66.9 Å². The zero-order chi connectivity index (χ0) is 14.5. The summed E-state index contributed by atoms with van der Waals surface area (Å²) in [7, 11) is 0. The van der Waals surface area contributed by atoms with Crippen molar-refractivity contribution in [2.45, 2.75) is 32.7 Å². The first-order valence-corrected chi connectivity index (χ1v) is 7.70. The summed E-state index contributed by atoms with van der Waals surface area (Å²) < 4.78 is 8.36.